The minimum Gasteiger partial charge on any atom is -0.434 e. The number of hydrogen-bond acceptors (Lipinski definition) is 3. The third-order valence-electron chi connectivity index (χ3n) is 4.32. The Morgan fingerprint density at radius 1 is 1.14 bits per heavy atom. The zero-order valence-corrected chi connectivity index (χ0v) is 16.3. The molecular formula is C21H23F2N5O. The van der Waals surface area contributed by atoms with Gasteiger partial charge in [0.2, 0.25) is 0 Å². The van der Waals surface area contributed by atoms with Crippen molar-refractivity contribution in [2.45, 2.75) is 26.6 Å². The number of ether oxygens (including phenoxy) is 1. The minimum absolute atomic E-state index is 0.152. The molecule has 6 nitrogen and oxygen atoms in total. The summed E-state index contributed by atoms with van der Waals surface area (Å²) in [5.74, 6) is 0.703. The van der Waals surface area contributed by atoms with Gasteiger partial charge in [0.05, 0.1) is 12.0 Å². The zero-order valence-electron chi connectivity index (χ0n) is 16.3. The summed E-state index contributed by atoms with van der Waals surface area (Å²) in [7, 11) is 1.66. The third kappa shape index (κ3) is 5.54. The van der Waals surface area contributed by atoms with Crippen molar-refractivity contribution in [3.63, 3.8) is 0 Å². The number of hydrogen-bond donors (Lipinski definition) is 2. The van der Waals surface area contributed by atoms with Crippen LogP contribution in [0.5, 0.6) is 5.75 Å². The van der Waals surface area contributed by atoms with Crippen LogP contribution in [0.3, 0.4) is 0 Å². The summed E-state index contributed by atoms with van der Waals surface area (Å²) >= 11 is 0. The maximum Gasteiger partial charge on any atom is 0.387 e. The van der Waals surface area contributed by atoms with E-state index >= 15 is 0 Å². The first-order valence-electron chi connectivity index (χ1n) is 9.12. The number of para-hydroxylation sites is 1. The van der Waals surface area contributed by atoms with Crippen molar-refractivity contribution in [3.05, 3.63) is 77.9 Å². The maximum atomic E-state index is 12.6. The summed E-state index contributed by atoms with van der Waals surface area (Å²) in [5.41, 5.74) is 3.66. The second-order valence-corrected chi connectivity index (χ2v) is 6.37. The van der Waals surface area contributed by atoms with E-state index < -0.39 is 6.61 Å². The number of rotatable bonds is 7. The quantitative estimate of drug-likeness (QED) is 0.470. The lowest BCUT2D eigenvalue weighted by Crippen LogP contribution is -2.36. The average molecular weight is 399 g/mol. The Bertz CT molecular complexity index is 957. The van der Waals surface area contributed by atoms with Crippen LogP contribution in [0.4, 0.5) is 8.78 Å². The summed E-state index contributed by atoms with van der Waals surface area (Å²) in [6.07, 6.45) is 5.36. The summed E-state index contributed by atoms with van der Waals surface area (Å²) in [4.78, 5) is 8.30. The molecule has 0 fully saturated rings. The summed E-state index contributed by atoms with van der Waals surface area (Å²) < 4.78 is 31.8. The Morgan fingerprint density at radius 3 is 2.59 bits per heavy atom. The van der Waals surface area contributed by atoms with Gasteiger partial charge in [-0.05, 0) is 24.6 Å². The van der Waals surface area contributed by atoms with Gasteiger partial charge in [0, 0.05) is 38.1 Å². The largest absolute Gasteiger partial charge is 0.434 e. The van der Waals surface area contributed by atoms with E-state index in [1.807, 2.05) is 48.0 Å². The molecule has 0 spiro atoms. The fourth-order valence-electron chi connectivity index (χ4n) is 2.95. The number of nitrogens with one attached hydrogen (secondary N) is 2. The highest BCUT2D eigenvalue weighted by Crippen LogP contribution is 2.22. The molecular weight excluding hydrogens is 376 g/mol. The molecule has 0 amide bonds. The first-order chi connectivity index (χ1) is 14.1. The van der Waals surface area contributed by atoms with Crippen LogP contribution in [0.1, 0.15) is 16.7 Å². The van der Waals surface area contributed by atoms with Crippen LogP contribution in [-0.2, 0) is 13.1 Å². The molecule has 1 heterocycles. The molecule has 0 bridgehead atoms. The predicted octanol–water partition coefficient (Wildman–Crippen LogP) is 3.65. The lowest BCUT2D eigenvalue weighted by Gasteiger charge is -2.16. The molecule has 0 saturated carbocycles. The van der Waals surface area contributed by atoms with Crippen molar-refractivity contribution in [2.75, 3.05) is 7.05 Å². The molecule has 3 rings (SSSR count). The van der Waals surface area contributed by atoms with Crippen LogP contribution in [0.2, 0.25) is 0 Å². The van der Waals surface area contributed by atoms with E-state index in [4.69, 9.17) is 0 Å². The number of aliphatic imine (C=N–C) groups is 1. The number of guanidine groups is 1. The SMILES string of the molecule is CN=C(NCc1cc(C)ccc1OC(F)F)NCc1ccccc1-n1ccnc1. The van der Waals surface area contributed by atoms with Crippen molar-refractivity contribution in [2.24, 2.45) is 4.99 Å². The lowest BCUT2D eigenvalue weighted by atomic mass is 10.1. The van der Waals surface area contributed by atoms with Gasteiger partial charge in [-0.2, -0.15) is 8.78 Å². The molecule has 8 heteroatoms. The van der Waals surface area contributed by atoms with Gasteiger partial charge in [0.25, 0.3) is 0 Å². The first-order valence-corrected chi connectivity index (χ1v) is 9.12. The Kier molecular flexibility index (Phi) is 6.78. The average Bonchev–Trinajstić information content (AvgIpc) is 3.24. The van der Waals surface area contributed by atoms with Gasteiger partial charge in [0.1, 0.15) is 5.75 Å². The van der Waals surface area contributed by atoms with Gasteiger partial charge in [-0.25, -0.2) is 4.98 Å². The molecule has 3 aromatic rings. The summed E-state index contributed by atoms with van der Waals surface area (Å²) in [6.45, 7) is -0.140. The normalized spacial score (nSPS) is 11.6. The lowest BCUT2D eigenvalue weighted by molar-refractivity contribution is -0.0504. The number of benzene rings is 2. The Hall–Kier alpha value is -3.42. The fourth-order valence-corrected chi connectivity index (χ4v) is 2.95. The van der Waals surface area contributed by atoms with Crippen molar-refractivity contribution in [1.29, 1.82) is 0 Å². The monoisotopic (exact) mass is 399 g/mol. The molecule has 0 aliphatic rings. The zero-order chi connectivity index (χ0) is 20.6. The molecule has 0 atom stereocenters. The third-order valence-corrected chi connectivity index (χ3v) is 4.32. The highest BCUT2D eigenvalue weighted by Gasteiger charge is 2.11. The Balaban J connectivity index is 1.65. The van der Waals surface area contributed by atoms with E-state index in [0.717, 1.165) is 16.8 Å². The van der Waals surface area contributed by atoms with Crippen molar-refractivity contribution < 1.29 is 13.5 Å². The number of aryl methyl sites for hydroxylation is 1. The van der Waals surface area contributed by atoms with Crippen LogP contribution >= 0.6 is 0 Å². The molecule has 0 radical (unpaired) electrons. The number of nitrogens with zero attached hydrogens (tertiary/aromatic N) is 3. The van der Waals surface area contributed by atoms with Gasteiger partial charge < -0.3 is 19.9 Å². The molecule has 2 N–H and O–H groups in total. The topological polar surface area (TPSA) is 63.5 Å². The molecule has 0 aliphatic carbocycles. The van der Waals surface area contributed by atoms with Crippen molar-refractivity contribution >= 4 is 5.96 Å². The van der Waals surface area contributed by atoms with Gasteiger partial charge >= 0.3 is 6.61 Å². The molecule has 0 aliphatic heterocycles. The molecule has 152 valence electrons. The Labute approximate surface area is 168 Å². The van der Waals surface area contributed by atoms with Gasteiger partial charge in [0.15, 0.2) is 5.96 Å². The van der Waals surface area contributed by atoms with E-state index in [9.17, 15) is 8.78 Å². The minimum atomic E-state index is -2.87. The van der Waals surface area contributed by atoms with Gasteiger partial charge in [-0.3, -0.25) is 4.99 Å². The van der Waals surface area contributed by atoms with Crippen LogP contribution in [0.25, 0.3) is 5.69 Å². The maximum absolute atomic E-state index is 12.6. The molecule has 0 saturated heterocycles. The van der Waals surface area contributed by atoms with E-state index in [-0.39, 0.29) is 5.75 Å². The standard InChI is InChI=1S/C21H23F2N5O/c1-15-7-8-19(29-20(22)23)17(11-15)13-27-21(24-2)26-12-16-5-3-4-6-18(16)28-10-9-25-14-28/h3-11,14,20H,12-13H2,1-2H3,(H2,24,26,27). The molecule has 0 unspecified atom stereocenters. The van der Waals surface area contributed by atoms with Crippen LogP contribution < -0.4 is 15.4 Å². The summed E-state index contributed by atoms with van der Waals surface area (Å²) in [6, 6.07) is 13.1. The number of aromatic nitrogens is 2. The second kappa shape index (κ2) is 9.68. The molecule has 2 aromatic carbocycles. The van der Waals surface area contributed by atoms with Crippen LogP contribution in [-0.4, -0.2) is 29.2 Å². The molecule has 29 heavy (non-hydrogen) atoms. The number of halogens is 2. The Morgan fingerprint density at radius 2 is 1.90 bits per heavy atom. The smallest absolute Gasteiger partial charge is 0.387 e. The highest BCUT2D eigenvalue weighted by atomic mass is 19.3. The van der Waals surface area contributed by atoms with E-state index in [0.29, 0.717) is 24.6 Å². The van der Waals surface area contributed by atoms with E-state index in [1.54, 1.807) is 31.7 Å². The van der Waals surface area contributed by atoms with Crippen molar-refractivity contribution in [1.82, 2.24) is 20.2 Å². The van der Waals surface area contributed by atoms with E-state index in [2.05, 4.69) is 25.3 Å². The van der Waals surface area contributed by atoms with Gasteiger partial charge in [-0.15, -0.1) is 0 Å². The van der Waals surface area contributed by atoms with Gasteiger partial charge in [-0.1, -0.05) is 35.9 Å². The molecule has 1 aromatic heterocycles. The van der Waals surface area contributed by atoms with Crippen LogP contribution in [0, 0.1) is 6.92 Å². The van der Waals surface area contributed by atoms with Crippen LogP contribution in [0.15, 0.2) is 66.2 Å². The first kappa shape index (κ1) is 20.3. The fraction of sp³-hybridized carbons (Fsp3) is 0.238. The second-order valence-electron chi connectivity index (χ2n) is 6.37. The van der Waals surface area contributed by atoms with E-state index in [1.165, 1.54) is 0 Å². The number of alkyl halides is 2. The summed E-state index contributed by atoms with van der Waals surface area (Å²) in [5, 5.41) is 6.40. The highest BCUT2D eigenvalue weighted by molar-refractivity contribution is 5.79. The van der Waals surface area contributed by atoms with Crippen molar-refractivity contribution in [3.8, 4) is 11.4 Å². The predicted molar refractivity (Wildman–Crippen MR) is 108 cm³/mol. The number of imidazole rings is 1.